The molecule has 0 aliphatic carbocycles. The molecule has 1 atom stereocenters. The molecule has 0 aromatic carbocycles. The van der Waals surface area contributed by atoms with Crippen LogP contribution in [-0.4, -0.2) is 32.0 Å². The molecule has 0 heterocycles. The molecule has 0 fully saturated rings. The van der Waals surface area contributed by atoms with Crippen LogP contribution in [0.5, 0.6) is 0 Å². The maximum Gasteiger partial charge on any atom is 0.324 e. The highest BCUT2D eigenvalue weighted by molar-refractivity contribution is 7.92. The number of hydrogen-bond donors (Lipinski definition) is 0. The van der Waals surface area contributed by atoms with Crippen molar-refractivity contribution in [2.45, 2.75) is 25.5 Å². The van der Waals surface area contributed by atoms with Crippen LogP contribution in [0.3, 0.4) is 0 Å². The fourth-order valence-corrected chi connectivity index (χ4v) is 1.55. The van der Waals surface area contributed by atoms with Crippen LogP contribution in [0.2, 0.25) is 0 Å². The van der Waals surface area contributed by atoms with Gasteiger partial charge in [-0.25, -0.2) is 8.42 Å². The van der Waals surface area contributed by atoms with Crippen molar-refractivity contribution in [3.05, 3.63) is 0 Å². The molecular weight excluding hydrogens is 204 g/mol. The van der Waals surface area contributed by atoms with Gasteiger partial charge in [0.2, 0.25) is 0 Å². The van der Waals surface area contributed by atoms with Crippen LogP contribution in [-0.2, 0) is 19.4 Å². The van der Waals surface area contributed by atoms with E-state index in [9.17, 15) is 13.2 Å². The van der Waals surface area contributed by atoms with E-state index in [4.69, 9.17) is 11.2 Å². The summed E-state index contributed by atoms with van der Waals surface area (Å²) in [5.74, 6) is 0.835. The van der Waals surface area contributed by atoms with Gasteiger partial charge in [0.05, 0.1) is 6.61 Å². The van der Waals surface area contributed by atoms with Crippen molar-refractivity contribution in [2.24, 2.45) is 0 Å². The van der Waals surface area contributed by atoms with E-state index in [1.165, 1.54) is 6.92 Å². The van der Waals surface area contributed by atoms with Crippen molar-refractivity contribution in [1.29, 1.82) is 0 Å². The fourth-order valence-electron chi connectivity index (χ4n) is 0.708. The normalized spacial score (nSPS) is 12.9. The summed E-state index contributed by atoms with van der Waals surface area (Å²) in [7, 11) is -3.55. The quantitative estimate of drug-likeness (QED) is 0.494. The number of carbonyl (C=O) groups is 1. The minimum Gasteiger partial charge on any atom is -0.465 e. The molecule has 1 unspecified atom stereocenters. The first-order chi connectivity index (χ1) is 6.45. The molecule has 0 radical (unpaired) electrons. The van der Waals surface area contributed by atoms with Crippen molar-refractivity contribution in [3.8, 4) is 12.3 Å². The number of esters is 1. The molecule has 0 saturated carbocycles. The number of terminal acetylenes is 1. The molecule has 80 valence electrons. The first-order valence-electron chi connectivity index (χ1n) is 4.27. The van der Waals surface area contributed by atoms with Crippen LogP contribution in [0.4, 0.5) is 0 Å². The van der Waals surface area contributed by atoms with Crippen LogP contribution in [0.1, 0.15) is 20.3 Å². The monoisotopic (exact) mass is 218 g/mol. The van der Waals surface area contributed by atoms with Crippen molar-refractivity contribution < 1.29 is 17.9 Å². The van der Waals surface area contributed by atoms with E-state index < -0.39 is 26.8 Å². The van der Waals surface area contributed by atoms with Crippen LogP contribution in [0.15, 0.2) is 0 Å². The summed E-state index contributed by atoms with van der Waals surface area (Å²) in [6, 6.07) is 0. The van der Waals surface area contributed by atoms with Gasteiger partial charge in [0.15, 0.2) is 15.1 Å². The highest BCUT2D eigenvalue weighted by Gasteiger charge is 2.28. The minimum atomic E-state index is -3.55. The Kier molecular flexibility index (Phi) is 5.24. The lowest BCUT2D eigenvalue weighted by Gasteiger charge is -2.09. The lowest BCUT2D eigenvalue weighted by molar-refractivity contribution is -0.142. The van der Waals surface area contributed by atoms with Crippen LogP contribution >= 0.6 is 0 Å². The molecule has 0 bridgehead atoms. The van der Waals surface area contributed by atoms with Crippen LogP contribution < -0.4 is 0 Å². The van der Waals surface area contributed by atoms with Gasteiger partial charge in [-0.2, -0.15) is 0 Å². The Morgan fingerprint density at radius 2 is 2.14 bits per heavy atom. The van der Waals surface area contributed by atoms with Crippen molar-refractivity contribution >= 4 is 15.8 Å². The summed E-state index contributed by atoms with van der Waals surface area (Å²) >= 11 is 0. The Balaban J connectivity index is 4.40. The van der Waals surface area contributed by atoms with Crippen molar-refractivity contribution in [2.75, 3.05) is 12.4 Å². The van der Waals surface area contributed by atoms with Gasteiger partial charge in [-0.05, 0) is 13.3 Å². The fraction of sp³-hybridized carbons (Fsp3) is 0.667. The zero-order valence-electron chi connectivity index (χ0n) is 8.32. The Labute approximate surface area is 84.6 Å². The third-order valence-electron chi connectivity index (χ3n) is 1.60. The van der Waals surface area contributed by atoms with Gasteiger partial charge in [-0.15, -0.1) is 6.42 Å². The smallest absolute Gasteiger partial charge is 0.324 e. The predicted molar refractivity (Wildman–Crippen MR) is 53.3 cm³/mol. The molecule has 0 rings (SSSR count). The van der Waals surface area contributed by atoms with E-state index in [1.54, 1.807) is 0 Å². The molecule has 5 heteroatoms. The molecule has 0 amide bonds. The van der Waals surface area contributed by atoms with Crippen LogP contribution in [0.25, 0.3) is 0 Å². The zero-order valence-corrected chi connectivity index (χ0v) is 9.13. The van der Waals surface area contributed by atoms with Crippen molar-refractivity contribution in [3.63, 3.8) is 0 Å². The van der Waals surface area contributed by atoms with Crippen molar-refractivity contribution in [1.82, 2.24) is 0 Å². The van der Waals surface area contributed by atoms with Gasteiger partial charge < -0.3 is 4.74 Å². The lowest BCUT2D eigenvalue weighted by atomic mass is 10.5. The van der Waals surface area contributed by atoms with E-state index in [1.807, 2.05) is 12.8 Å². The average molecular weight is 218 g/mol. The maximum absolute atomic E-state index is 11.3. The number of rotatable bonds is 5. The van der Waals surface area contributed by atoms with Gasteiger partial charge in [-0.1, -0.05) is 12.8 Å². The standard InChI is InChI=1S/C9H14O4S/c1-4-6-13-9(10)8(3)14(11,12)7-5-2/h2,8H,4,6-7H2,1,3H3. The molecule has 0 N–H and O–H groups in total. The topological polar surface area (TPSA) is 60.4 Å². The first-order valence-corrected chi connectivity index (χ1v) is 5.99. The second-order valence-electron chi connectivity index (χ2n) is 2.82. The Morgan fingerprint density at radius 3 is 2.57 bits per heavy atom. The highest BCUT2D eigenvalue weighted by atomic mass is 32.2. The Morgan fingerprint density at radius 1 is 1.57 bits per heavy atom. The van der Waals surface area contributed by atoms with Crippen LogP contribution in [0, 0.1) is 12.3 Å². The maximum atomic E-state index is 11.3. The highest BCUT2D eigenvalue weighted by Crippen LogP contribution is 2.04. The number of sulfone groups is 1. The van der Waals surface area contributed by atoms with E-state index in [2.05, 4.69) is 0 Å². The Bertz CT molecular complexity index is 323. The summed E-state index contributed by atoms with van der Waals surface area (Å²) in [5, 5.41) is -1.18. The first kappa shape index (κ1) is 13.0. The lowest BCUT2D eigenvalue weighted by Crippen LogP contribution is -2.30. The number of hydrogen-bond acceptors (Lipinski definition) is 4. The molecule has 14 heavy (non-hydrogen) atoms. The molecule has 0 aliphatic rings. The molecule has 0 aliphatic heterocycles. The number of carbonyl (C=O) groups excluding carboxylic acids is 1. The van der Waals surface area contributed by atoms with E-state index in [0.29, 0.717) is 6.42 Å². The summed E-state index contributed by atoms with van der Waals surface area (Å²) in [4.78, 5) is 11.2. The minimum absolute atomic E-state index is 0.231. The third kappa shape index (κ3) is 3.79. The third-order valence-corrected chi connectivity index (χ3v) is 3.44. The average Bonchev–Trinajstić information content (AvgIpc) is 2.12. The molecule has 0 aromatic rings. The molecule has 0 spiro atoms. The SMILES string of the molecule is C#CCS(=O)(=O)C(C)C(=O)OCCC. The van der Waals surface area contributed by atoms with Gasteiger partial charge in [0.25, 0.3) is 0 Å². The largest absolute Gasteiger partial charge is 0.465 e. The van der Waals surface area contributed by atoms with Gasteiger partial charge in [0.1, 0.15) is 5.75 Å². The second-order valence-corrected chi connectivity index (χ2v) is 5.14. The molecule has 4 nitrogen and oxygen atoms in total. The van der Waals surface area contributed by atoms with Gasteiger partial charge in [-0.3, -0.25) is 4.79 Å². The summed E-state index contributed by atoms with van der Waals surface area (Å²) in [5.41, 5.74) is 0. The van der Waals surface area contributed by atoms with E-state index >= 15 is 0 Å². The Hall–Kier alpha value is -1.02. The van der Waals surface area contributed by atoms with Gasteiger partial charge in [0, 0.05) is 0 Å². The number of ether oxygens (including phenoxy) is 1. The molecular formula is C9H14O4S. The van der Waals surface area contributed by atoms with E-state index in [0.717, 1.165) is 0 Å². The summed E-state index contributed by atoms with van der Waals surface area (Å²) in [6.45, 7) is 3.34. The molecule has 0 aromatic heterocycles. The zero-order chi connectivity index (χ0) is 11.2. The second kappa shape index (κ2) is 5.66. The van der Waals surface area contributed by atoms with E-state index in [-0.39, 0.29) is 6.61 Å². The summed E-state index contributed by atoms with van der Waals surface area (Å²) < 4.78 is 27.3. The summed E-state index contributed by atoms with van der Waals surface area (Å²) in [6.07, 6.45) is 5.53. The molecule has 0 saturated heterocycles. The van der Waals surface area contributed by atoms with Gasteiger partial charge >= 0.3 is 5.97 Å². The predicted octanol–water partition coefficient (Wildman–Crippen LogP) is 0.376.